The zero-order chi connectivity index (χ0) is 23.5. The molecule has 3 N–H and O–H groups in total. The van der Waals surface area contributed by atoms with Gasteiger partial charge in [-0.25, -0.2) is 14.5 Å². The Morgan fingerprint density at radius 2 is 1.91 bits per heavy atom. The number of nitrogens with zero attached hydrogens (tertiary/aromatic N) is 4. The van der Waals surface area contributed by atoms with Crippen LogP contribution >= 0.6 is 22.6 Å². The fraction of sp³-hybridized carbons (Fsp3) is 0.318. The molecular weight excluding hydrogens is 541 g/mol. The van der Waals surface area contributed by atoms with E-state index >= 15 is 0 Å². The first-order valence-electron chi connectivity index (χ1n) is 10.3. The molecule has 1 saturated heterocycles. The van der Waals surface area contributed by atoms with E-state index in [4.69, 9.17) is 15.3 Å². The van der Waals surface area contributed by atoms with Gasteiger partial charge in [0.2, 0.25) is 5.62 Å². The van der Waals surface area contributed by atoms with Gasteiger partial charge in [0.05, 0.1) is 32.0 Å². The summed E-state index contributed by atoms with van der Waals surface area (Å²) in [6, 6.07) is 14.9. The average Bonchev–Trinajstić information content (AvgIpc) is 2.97. The Labute approximate surface area is 203 Å². The van der Waals surface area contributed by atoms with Crippen molar-refractivity contribution in [3.63, 3.8) is 0 Å². The number of aliphatic carboxylic acids is 1. The smallest absolute Gasteiger partial charge is 0.347 e. The first kappa shape index (κ1) is 23.1. The van der Waals surface area contributed by atoms with Crippen LogP contribution in [0.1, 0.15) is 11.1 Å². The molecule has 0 saturated carbocycles. The molecule has 0 unspecified atom stereocenters. The van der Waals surface area contributed by atoms with Crippen molar-refractivity contribution in [1.29, 1.82) is 0 Å². The molecule has 2 heterocycles. The SMILES string of the molecule is Cc1ccc(Cn2c(=Nc3ccc(OC4COC4)cc3)n(N)n(C[C@H](I)C(=O)O)c2=O)cc1. The average molecular weight is 565 g/mol. The lowest BCUT2D eigenvalue weighted by molar-refractivity contribution is -0.136. The molecule has 4 rings (SSSR count). The Morgan fingerprint density at radius 3 is 2.48 bits per heavy atom. The van der Waals surface area contributed by atoms with Crippen molar-refractivity contribution in [2.45, 2.75) is 30.0 Å². The number of aromatic nitrogens is 3. The third-order valence-corrected chi connectivity index (χ3v) is 6.12. The van der Waals surface area contributed by atoms with Gasteiger partial charge in [-0.1, -0.05) is 52.4 Å². The van der Waals surface area contributed by atoms with Crippen LogP contribution in [0.3, 0.4) is 0 Å². The van der Waals surface area contributed by atoms with E-state index in [1.54, 1.807) is 46.9 Å². The van der Waals surface area contributed by atoms with E-state index in [-0.39, 0.29) is 24.8 Å². The van der Waals surface area contributed by atoms with E-state index in [1.807, 2.05) is 31.2 Å². The van der Waals surface area contributed by atoms with Gasteiger partial charge in [0.1, 0.15) is 15.8 Å². The molecular formula is C22H24IN5O5. The fourth-order valence-corrected chi connectivity index (χ4v) is 3.63. The summed E-state index contributed by atoms with van der Waals surface area (Å²) in [6.45, 7) is 3.28. The standard InChI is InChI=1S/C22H24IN5O5/c1-14-2-4-15(5-3-14)10-26-21(28(24)27(22(26)31)11-19(23)20(29)30)25-16-6-8-17(9-7-16)33-18-12-32-13-18/h2-9,18-19H,10-13,24H2,1H3,(H,29,30)/t19-/m0/s1. The molecule has 1 aromatic heterocycles. The number of nitrogens with two attached hydrogens (primary N) is 1. The minimum atomic E-state index is -1.03. The van der Waals surface area contributed by atoms with Crippen LogP contribution in [0.2, 0.25) is 0 Å². The van der Waals surface area contributed by atoms with Crippen LogP contribution in [-0.4, -0.2) is 48.4 Å². The van der Waals surface area contributed by atoms with Crippen molar-refractivity contribution < 1.29 is 19.4 Å². The summed E-state index contributed by atoms with van der Waals surface area (Å²) < 4.78 is 12.7. The van der Waals surface area contributed by atoms with Gasteiger partial charge in [0.25, 0.3) is 0 Å². The number of aryl methyl sites for hydroxylation is 1. The Hall–Kier alpha value is -3.06. The van der Waals surface area contributed by atoms with E-state index in [9.17, 15) is 14.7 Å². The Balaban J connectivity index is 1.73. The van der Waals surface area contributed by atoms with E-state index in [0.29, 0.717) is 24.7 Å². The lowest BCUT2D eigenvalue weighted by Gasteiger charge is -2.26. The van der Waals surface area contributed by atoms with Crippen molar-refractivity contribution >= 4 is 34.2 Å². The van der Waals surface area contributed by atoms with Gasteiger partial charge < -0.3 is 20.4 Å². The second kappa shape index (κ2) is 9.83. The van der Waals surface area contributed by atoms with Crippen molar-refractivity contribution in [3.8, 4) is 5.75 Å². The number of alkyl halides is 1. The molecule has 0 amide bonds. The second-order valence-electron chi connectivity index (χ2n) is 7.77. The Kier molecular flexibility index (Phi) is 6.88. The summed E-state index contributed by atoms with van der Waals surface area (Å²) in [5, 5.41) is 9.29. The zero-order valence-corrected chi connectivity index (χ0v) is 20.1. The molecule has 0 aliphatic carbocycles. The molecule has 174 valence electrons. The van der Waals surface area contributed by atoms with Crippen molar-refractivity contribution in [2.75, 3.05) is 19.1 Å². The molecule has 0 bridgehead atoms. The number of carbonyl (C=O) groups is 1. The predicted molar refractivity (Wildman–Crippen MR) is 129 cm³/mol. The highest BCUT2D eigenvalue weighted by molar-refractivity contribution is 14.1. The minimum absolute atomic E-state index is 0.0585. The highest BCUT2D eigenvalue weighted by Gasteiger charge is 2.21. The van der Waals surface area contributed by atoms with Crippen LogP contribution in [0.5, 0.6) is 5.75 Å². The van der Waals surface area contributed by atoms with Gasteiger partial charge in [0, 0.05) is 0 Å². The summed E-state index contributed by atoms with van der Waals surface area (Å²) in [5.74, 6) is 5.90. The highest BCUT2D eigenvalue weighted by Crippen LogP contribution is 2.20. The summed E-state index contributed by atoms with van der Waals surface area (Å²) in [4.78, 5) is 30.2. The van der Waals surface area contributed by atoms with Crippen LogP contribution in [-0.2, 0) is 22.6 Å². The van der Waals surface area contributed by atoms with Crippen molar-refractivity contribution in [3.05, 3.63) is 75.8 Å². The number of nitrogen functional groups attached to an aromatic ring is 1. The molecule has 1 atom stereocenters. The second-order valence-corrected chi connectivity index (χ2v) is 9.27. The number of rotatable bonds is 8. The normalized spacial score (nSPS) is 15.3. The quantitative estimate of drug-likeness (QED) is 0.242. The van der Waals surface area contributed by atoms with Gasteiger partial charge >= 0.3 is 11.7 Å². The molecule has 3 aromatic rings. The van der Waals surface area contributed by atoms with Gasteiger partial charge in [-0.3, -0.25) is 9.36 Å². The maximum absolute atomic E-state index is 13.2. The monoisotopic (exact) mass is 565 g/mol. The first-order chi connectivity index (χ1) is 15.8. The lowest BCUT2D eigenvalue weighted by Crippen LogP contribution is -2.38. The largest absolute Gasteiger partial charge is 0.486 e. The van der Waals surface area contributed by atoms with E-state index in [1.165, 1.54) is 9.25 Å². The Morgan fingerprint density at radius 1 is 1.24 bits per heavy atom. The number of benzene rings is 2. The number of hydrogen-bond donors (Lipinski definition) is 2. The van der Waals surface area contributed by atoms with E-state index in [2.05, 4.69) is 4.99 Å². The lowest BCUT2D eigenvalue weighted by atomic mass is 10.1. The molecule has 0 radical (unpaired) electrons. The number of halogens is 1. The van der Waals surface area contributed by atoms with Gasteiger partial charge in [-0.05, 0) is 36.8 Å². The summed E-state index contributed by atoms with van der Waals surface area (Å²) >= 11 is 1.77. The van der Waals surface area contributed by atoms with Crippen molar-refractivity contribution in [2.24, 2.45) is 4.99 Å². The maximum Gasteiger partial charge on any atom is 0.347 e. The molecule has 1 fully saturated rings. The number of hydrogen-bond acceptors (Lipinski definition) is 6. The van der Waals surface area contributed by atoms with Crippen molar-refractivity contribution in [1.82, 2.24) is 14.0 Å². The summed E-state index contributed by atoms with van der Waals surface area (Å²) in [5.41, 5.74) is 2.34. The van der Waals surface area contributed by atoms with Crippen LogP contribution in [0.25, 0.3) is 0 Å². The number of ether oxygens (including phenoxy) is 2. The number of carboxylic acid groups (broad SMARTS) is 1. The maximum atomic E-state index is 13.2. The number of carboxylic acids is 1. The molecule has 11 heteroatoms. The molecule has 0 spiro atoms. The van der Waals surface area contributed by atoms with Crippen LogP contribution in [0, 0.1) is 6.92 Å². The van der Waals surface area contributed by atoms with Gasteiger partial charge in [-0.15, -0.1) is 0 Å². The van der Waals surface area contributed by atoms with E-state index in [0.717, 1.165) is 15.9 Å². The zero-order valence-electron chi connectivity index (χ0n) is 17.9. The van der Waals surface area contributed by atoms with Crippen LogP contribution in [0.15, 0.2) is 58.3 Å². The molecule has 1 aliphatic heterocycles. The third-order valence-electron chi connectivity index (χ3n) is 5.20. The molecule has 10 nitrogen and oxygen atoms in total. The van der Waals surface area contributed by atoms with E-state index < -0.39 is 15.6 Å². The van der Waals surface area contributed by atoms with Gasteiger partial charge in [0.15, 0.2) is 0 Å². The third kappa shape index (κ3) is 5.30. The first-order valence-corrected chi connectivity index (χ1v) is 11.6. The van der Waals surface area contributed by atoms with Gasteiger partial charge in [-0.2, -0.15) is 4.79 Å². The van der Waals surface area contributed by atoms with Crippen LogP contribution < -0.4 is 21.9 Å². The Bertz CT molecular complexity index is 1260. The molecule has 33 heavy (non-hydrogen) atoms. The minimum Gasteiger partial charge on any atom is -0.486 e. The highest BCUT2D eigenvalue weighted by atomic mass is 127. The predicted octanol–water partition coefficient (Wildman–Crippen LogP) is 1.42. The van der Waals surface area contributed by atoms with Crippen LogP contribution in [0.4, 0.5) is 5.69 Å². The topological polar surface area (TPSA) is 126 Å². The summed E-state index contributed by atoms with van der Waals surface area (Å²) in [6.07, 6.45) is 0.0585. The fourth-order valence-electron chi connectivity index (χ4n) is 3.26. The molecule has 1 aliphatic rings. The molecule has 2 aromatic carbocycles. The summed E-state index contributed by atoms with van der Waals surface area (Å²) in [7, 11) is 0.